The summed E-state index contributed by atoms with van der Waals surface area (Å²) in [6.07, 6.45) is 6.05. The fourth-order valence-electron chi connectivity index (χ4n) is 5.52. The standard InChI is InChI=1S/C26H29F3N4O4/c27-17-10-16(11-20(12-17)37-26(28)29)22-2-1-8-32(22)19-7-9-33-23(13-19)21(14-30-33)24(34)31-18-5-3-15(4-6-18)25(35)36/h7,9-15,18,22,25-26,35-36H,1-6,8H2,(H,31,34)/t15-,18-,22-/m1/s1. The number of carbonyl (C=O) groups excluding carboxylic acids is 1. The van der Waals surface area contributed by atoms with Crippen LogP contribution in [-0.4, -0.2) is 51.2 Å². The summed E-state index contributed by atoms with van der Waals surface area (Å²) in [6.45, 7) is -2.36. The maximum Gasteiger partial charge on any atom is 0.387 e. The molecule has 1 aliphatic heterocycles. The van der Waals surface area contributed by atoms with Gasteiger partial charge in [-0.05, 0) is 68.4 Å². The van der Waals surface area contributed by atoms with E-state index < -0.39 is 18.7 Å². The van der Waals surface area contributed by atoms with Gasteiger partial charge < -0.3 is 25.2 Å². The quantitative estimate of drug-likeness (QED) is 0.409. The lowest BCUT2D eigenvalue weighted by atomic mass is 9.85. The Balaban J connectivity index is 1.36. The molecule has 1 saturated carbocycles. The Morgan fingerprint density at radius 1 is 1.11 bits per heavy atom. The van der Waals surface area contributed by atoms with Crippen LogP contribution in [0.15, 0.2) is 42.7 Å². The van der Waals surface area contributed by atoms with E-state index in [1.807, 2.05) is 12.1 Å². The number of pyridine rings is 1. The minimum atomic E-state index is -3.04. The van der Waals surface area contributed by atoms with Crippen molar-refractivity contribution < 1.29 is 32.9 Å². The molecule has 0 radical (unpaired) electrons. The average Bonchev–Trinajstić information content (AvgIpc) is 3.50. The molecule has 0 unspecified atom stereocenters. The predicted octanol–water partition coefficient (Wildman–Crippen LogP) is 4.02. The Morgan fingerprint density at radius 2 is 1.89 bits per heavy atom. The second-order valence-corrected chi connectivity index (χ2v) is 9.72. The summed E-state index contributed by atoms with van der Waals surface area (Å²) >= 11 is 0. The lowest BCUT2D eigenvalue weighted by Gasteiger charge is -2.29. The first-order chi connectivity index (χ1) is 17.8. The number of aliphatic hydroxyl groups is 2. The molecule has 1 amide bonds. The third-order valence-corrected chi connectivity index (χ3v) is 7.37. The number of amides is 1. The number of nitrogens with zero attached hydrogens (tertiary/aromatic N) is 3. The van der Waals surface area contributed by atoms with Crippen LogP contribution in [0, 0.1) is 11.7 Å². The van der Waals surface area contributed by atoms with Gasteiger partial charge in [-0.15, -0.1) is 0 Å². The number of anilines is 1. The molecular formula is C26H29F3N4O4. The first-order valence-corrected chi connectivity index (χ1v) is 12.4. The van der Waals surface area contributed by atoms with Crippen molar-refractivity contribution in [3.05, 3.63) is 59.7 Å². The first-order valence-electron chi connectivity index (χ1n) is 12.4. The maximum absolute atomic E-state index is 14.2. The molecular weight excluding hydrogens is 489 g/mol. The van der Waals surface area contributed by atoms with Crippen molar-refractivity contribution in [2.24, 2.45) is 5.92 Å². The number of alkyl halides is 2. The van der Waals surface area contributed by atoms with E-state index in [2.05, 4.69) is 20.1 Å². The number of ether oxygens (including phenoxy) is 1. The molecule has 1 saturated heterocycles. The van der Waals surface area contributed by atoms with E-state index in [9.17, 15) is 28.2 Å². The molecule has 0 bridgehead atoms. The van der Waals surface area contributed by atoms with Crippen molar-refractivity contribution in [3.8, 4) is 5.75 Å². The summed E-state index contributed by atoms with van der Waals surface area (Å²) in [6, 6.07) is 7.14. The molecule has 0 spiro atoms. The molecule has 5 rings (SSSR count). The zero-order valence-electron chi connectivity index (χ0n) is 20.1. The summed E-state index contributed by atoms with van der Waals surface area (Å²) < 4.78 is 45.7. The van der Waals surface area contributed by atoms with Gasteiger partial charge in [0.2, 0.25) is 0 Å². The molecule has 1 atom stereocenters. The normalized spacial score (nSPS) is 22.2. The van der Waals surface area contributed by atoms with Crippen LogP contribution in [0.3, 0.4) is 0 Å². The monoisotopic (exact) mass is 518 g/mol. The van der Waals surface area contributed by atoms with Gasteiger partial charge in [0.25, 0.3) is 5.91 Å². The van der Waals surface area contributed by atoms with Gasteiger partial charge in [-0.2, -0.15) is 13.9 Å². The Hall–Kier alpha value is -3.31. The highest BCUT2D eigenvalue weighted by molar-refractivity contribution is 6.01. The van der Waals surface area contributed by atoms with E-state index in [1.54, 1.807) is 10.7 Å². The van der Waals surface area contributed by atoms with Gasteiger partial charge in [-0.1, -0.05) is 0 Å². The Kier molecular flexibility index (Phi) is 7.25. The van der Waals surface area contributed by atoms with Crippen LogP contribution in [0.4, 0.5) is 18.9 Å². The summed E-state index contributed by atoms with van der Waals surface area (Å²) in [7, 11) is 0. The van der Waals surface area contributed by atoms with Crippen molar-refractivity contribution in [1.82, 2.24) is 14.9 Å². The van der Waals surface area contributed by atoms with E-state index in [4.69, 9.17) is 0 Å². The number of carbonyl (C=O) groups is 1. The van der Waals surface area contributed by atoms with Crippen molar-refractivity contribution in [2.75, 3.05) is 11.4 Å². The summed E-state index contributed by atoms with van der Waals surface area (Å²) in [5.74, 6) is -1.29. The molecule has 37 heavy (non-hydrogen) atoms. The Labute approximate surface area is 211 Å². The minimum absolute atomic E-state index is 0.0544. The SMILES string of the molecule is O=C(N[C@H]1CC[C@H](C(O)O)CC1)c1cnn2ccc(N3CCC[C@@H]3c3cc(F)cc(OC(F)F)c3)cc12. The Bertz CT molecular complexity index is 1260. The van der Waals surface area contributed by atoms with Crippen LogP contribution < -0.4 is 15.0 Å². The van der Waals surface area contributed by atoms with Crippen molar-refractivity contribution in [1.29, 1.82) is 0 Å². The molecule has 11 heteroatoms. The maximum atomic E-state index is 14.2. The third kappa shape index (κ3) is 5.52. The largest absolute Gasteiger partial charge is 0.435 e. The summed E-state index contributed by atoms with van der Waals surface area (Å²) in [5.41, 5.74) is 2.38. The van der Waals surface area contributed by atoms with Gasteiger partial charge in [-0.25, -0.2) is 8.91 Å². The molecule has 2 fully saturated rings. The number of benzene rings is 1. The smallest absolute Gasteiger partial charge is 0.387 e. The number of hydrogen-bond donors (Lipinski definition) is 3. The van der Waals surface area contributed by atoms with Gasteiger partial charge in [0.1, 0.15) is 11.6 Å². The Morgan fingerprint density at radius 3 is 2.62 bits per heavy atom. The molecule has 3 N–H and O–H groups in total. The van der Waals surface area contributed by atoms with Crippen molar-refractivity contribution >= 4 is 17.1 Å². The van der Waals surface area contributed by atoms with E-state index in [0.29, 0.717) is 55.3 Å². The zero-order chi connectivity index (χ0) is 26.1. The lowest BCUT2D eigenvalue weighted by molar-refractivity contribution is -0.0940. The minimum Gasteiger partial charge on any atom is -0.435 e. The van der Waals surface area contributed by atoms with E-state index in [1.165, 1.54) is 18.3 Å². The van der Waals surface area contributed by atoms with Crippen LogP contribution in [0.2, 0.25) is 0 Å². The fourth-order valence-corrected chi connectivity index (χ4v) is 5.52. The number of aliphatic hydroxyl groups excluding tert-OH is 1. The van der Waals surface area contributed by atoms with Crippen LogP contribution >= 0.6 is 0 Å². The number of halogens is 3. The topological polar surface area (TPSA) is 99.3 Å². The van der Waals surface area contributed by atoms with Crippen molar-refractivity contribution in [3.63, 3.8) is 0 Å². The van der Waals surface area contributed by atoms with Gasteiger partial charge in [-0.3, -0.25) is 4.79 Å². The number of nitrogens with one attached hydrogen (secondary N) is 1. The number of aromatic nitrogens is 2. The second kappa shape index (κ2) is 10.6. The predicted molar refractivity (Wildman–Crippen MR) is 129 cm³/mol. The van der Waals surface area contributed by atoms with Gasteiger partial charge in [0, 0.05) is 36.5 Å². The van der Waals surface area contributed by atoms with E-state index in [0.717, 1.165) is 18.2 Å². The molecule has 2 aromatic heterocycles. The van der Waals surface area contributed by atoms with E-state index >= 15 is 0 Å². The molecule has 1 aromatic carbocycles. The second-order valence-electron chi connectivity index (χ2n) is 9.72. The van der Waals surface area contributed by atoms with Crippen LogP contribution in [0.5, 0.6) is 5.75 Å². The van der Waals surface area contributed by atoms with Gasteiger partial charge >= 0.3 is 6.61 Å². The van der Waals surface area contributed by atoms with Crippen LogP contribution in [0.1, 0.15) is 60.5 Å². The summed E-state index contributed by atoms with van der Waals surface area (Å²) in [5, 5.41) is 26.1. The fraction of sp³-hybridized carbons (Fsp3) is 0.462. The van der Waals surface area contributed by atoms with Crippen LogP contribution in [-0.2, 0) is 0 Å². The molecule has 8 nitrogen and oxygen atoms in total. The average molecular weight is 519 g/mol. The summed E-state index contributed by atoms with van der Waals surface area (Å²) in [4.78, 5) is 15.2. The highest BCUT2D eigenvalue weighted by Crippen LogP contribution is 2.38. The number of rotatable bonds is 7. The van der Waals surface area contributed by atoms with Gasteiger partial charge in [0.15, 0.2) is 6.29 Å². The molecule has 3 aromatic rings. The lowest BCUT2D eigenvalue weighted by Crippen LogP contribution is -2.39. The van der Waals surface area contributed by atoms with Gasteiger partial charge in [0.05, 0.1) is 23.3 Å². The highest BCUT2D eigenvalue weighted by Gasteiger charge is 2.29. The third-order valence-electron chi connectivity index (χ3n) is 7.37. The number of hydrogen-bond acceptors (Lipinski definition) is 6. The highest BCUT2D eigenvalue weighted by atomic mass is 19.3. The first kappa shape index (κ1) is 25.3. The van der Waals surface area contributed by atoms with E-state index in [-0.39, 0.29) is 29.7 Å². The number of fused-ring (bicyclic) bond motifs is 1. The molecule has 3 heterocycles. The molecule has 1 aliphatic carbocycles. The van der Waals surface area contributed by atoms with Crippen LogP contribution in [0.25, 0.3) is 5.52 Å². The molecule has 198 valence electrons. The zero-order valence-corrected chi connectivity index (χ0v) is 20.1. The van der Waals surface area contributed by atoms with Crippen molar-refractivity contribution in [2.45, 2.75) is 63.5 Å². The molecule has 2 aliphatic rings.